The van der Waals surface area contributed by atoms with Crippen LogP contribution in [-0.4, -0.2) is 54.4 Å². The van der Waals surface area contributed by atoms with Gasteiger partial charge in [-0.05, 0) is 24.7 Å². The second-order valence-electron chi connectivity index (χ2n) is 5.61. The lowest BCUT2D eigenvalue weighted by Gasteiger charge is -2.31. The van der Waals surface area contributed by atoms with Gasteiger partial charge in [0.15, 0.2) is 6.10 Å². The number of ether oxygens (including phenoxy) is 1. The van der Waals surface area contributed by atoms with Gasteiger partial charge < -0.3 is 20.1 Å². The Labute approximate surface area is 113 Å². The van der Waals surface area contributed by atoms with Crippen molar-refractivity contribution in [1.29, 1.82) is 0 Å². The number of amides is 2. The number of morpholine rings is 1. The number of aliphatic carboxylic acids is 1. The zero-order valence-electron chi connectivity index (χ0n) is 11.3. The third-order valence-electron chi connectivity index (χ3n) is 3.97. The number of carbonyl (C=O) groups is 2. The molecule has 0 aromatic heterocycles. The lowest BCUT2D eigenvalue weighted by molar-refractivity contribution is -0.154. The summed E-state index contributed by atoms with van der Waals surface area (Å²) in [4.78, 5) is 24.3. The molecule has 2 N–H and O–H groups in total. The Morgan fingerprint density at radius 2 is 2.21 bits per heavy atom. The minimum atomic E-state index is -1.01. The van der Waals surface area contributed by atoms with Crippen molar-refractivity contribution in [2.45, 2.75) is 32.3 Å². The molecule has 19 heavy (non-hydrogen) atoms. The smallest absolute Gasteiger partial charge is 0.334 e. The van der Waals surface area contributed by atoms with Crippen LogP contribution in [0.1, 0.15) is 26.2 Å². The molecular formula is C13H22N2O4. The maximum atomic E-state index is 12.0. The zero-order valence-corrected chi connectivity index (χ0v) is 11.3. The number of rotatable bonds is 3. The monoisotopic (exact) mass is 270 g/mol. The van der Waals surface area contributed by atoms with Crippen LogP contribution in [0, 0.1) is 11.8 Å². The number of carbonyl (C=O) groups excluding carboxylic acids is 1. The molecule has 1 aliphatic heterocycles. The van der Waals surface area contributed by atoms with E-state index in [0.717, 1.165) is 5.92 Å². The summed E-state index contributed by atoms with van der Waals surface area (Å²) in [5, 5.41) is 11.8. The molecule has 3 unspecified atom stereocenters. The van der Waals surface area contributed by atoms with Crippen LogP contribution >= 0.6 is 0 Å². The summed E-state index contributed by atoms with van der Waals surface area (Å²) in [7, 11) is 0. The zero-order chi connectivity index (χ0) is 13.8. The number of hydrogen-bond donors (Lipinski definition) is 2. The van der Waals surface area contributed by atoms with Crippen molar-refractivity contribution in [2.75, 3.05) is 26.2 Å². The van der Waals surface area contributed by atoms with Gasteiger partial charge in [0.1, 0.15) is 0 Å². The van der Waals surface area contributed by atoms with Crippen molar-refractivity contribution in [2.24, 2.45) is 11.8 Å². The molecule has 108 valence electrons. The number of nitrogens with one attached hydrogen (secondary N) is 1. The van der Waals surface area contributed by atoms with Gasteiger partial charge in [-0.2, -0.15) is 0 Å². The Bertz CT molecular complexity index is 348. The second-order valence-corrected chi connectivity index (χ2v) is 5.61. The van der Waals surface area contributed by atoms with E-state index in [-0.39, 0.29) is 19.2 Å². The molecule has 6 heteroatoms. The van der Waals surface area contributed by atoms with Crippen LogP contribution < -0.4 is 5.32 Å². The highest BCUT2D eigenvalue weighted by molar-refractivity contribution is 5.77. The minimum Gasteiger partial charge on any atom is -0.479 e. The molecule has 1 saturated heterocycles. The maximum absolute atomic E-state index is 12.0. The van der Waals surface area contributed by atoms with E-state index in [2.05, 4.69) is 12.2 Å². The van der Waals surface area contributed by atoms with Gasteiger partial charge in [0, 0.05) is 13.1 Å². The van der Waals surface area contributed by atoms with Crippen molar-refractivity contribution < 1.29 is 19.4 Å². The Kier molecular flexibility index (Phi) is 4.63. The van der Waals surface area contributed by atoms with Gasteiger partial charge in [-0.1, -0.05) is 13.3 Å². The number of nitrogens with zero attached hydrogens (tertiary/aromatic N) is 1. The molecule has 2 aliphatic rings. The number of carboxylic acid groups (broad SMARTS) is 1. The van der Waals surface area contributed by atoms with Crippen LogP contribution in [0.3, 0.4) is 0 Å². The van der Waals surface area contributed by atoms with Gasteiger partial charge in [-0.25, -0.2) is 9.59 Å². The fourth-order valence-corrected chi connectivity index (χ4v) is 2.84. The van der Waals surface area contributed by atoms with Crippen LogP contribution in [0.5, 0.6) is 0 Å². The van der Waals surface area contributed by atoms with E-state index in [4.69, 9.17) is 9.84 Å². The highest BCUT2D eigenvalue weighted by atomic mass is 16.5. The van der Waals surface area contributed by atoms with E-state index in [1.165, 1.54) is 24.2 Å². The Morgan fingerprint density at radius 3 is 2.84 bits per heavy atom. The molecule has 0 aromatic carbocycles. The average Bonchev–Trinajstić information content (AvgIpc) is 2.82. The lowest BCUT2D eigenvalue weighted by Crippen LogP contribution is -2.52. The Balaban J connectivity index is 1.74. The first kappa shape index (κ1) is 14.1. The standard InChI is InChI=1S/C13H22N2O4/c1-9-2-3-10(6-9)7-14-13(18)15-4-5-19-11(8-15)12(16)17/h9-11H,2-8H2,1H3,(H,14,18)(H,16,17). The van der Waals surface area contributed by atoms with E-state index in [1.54, 1.807) is 0 Å². The van der Waals surface area contributed by atoms with Crippen LogP contribution in [0.2, 0.25) is 0 Å². The molecule has 0 spiro atoms. The summed E-state index contributed by atoms with van der Waals surface area (Å²) in [6.07, 6.45) is 2.67. The van der Waals surface area contributed by atoms with Crippen molar-refractivity contribution in [1.82, 2.24) is 10.2 Å². The van der Waals surface area contributed by atoms with Crippen LogP contribution in [-0.2, 0) is 9.53 Å². The number of hydrogen-bond acceptors (Lipinski definition) is 3. The Morgan fingerprint density at radius 1 is 1.42 bits per heavy atom. The third kappa shape index (κ3) is 3.83. The summed E-state index contributed by atoms with van der Waals surface area (Å²) >= 11 is 0. The predicted molar refractivity (Wildman–Crippen MR) is 68.9 cm³/mol. The van der Waals surface area contributed by atoms with Crippen molar-refractivity contribution in [3.63, 3.8) is 0 Å². The fraction of sp³-hybridized carbons (Fsp3) is 0.846. The lowest BCUT2D eigenvalue weighted by atomic mass is 10.1. The average molecular weight is 270 g/mol. The van der Waals surface area contributed by atoms with Gasteiger partial charge in [0.2, 0.25) is 0 Å². The topological polar surface area (TPSA) is 78.9 Å². The van der Waals surface area contributed by atoms with Crippen molar-refractivity contribution in [3.05, 3.63) is 0 Å². The molecule has 2 fully saturated rings. The summed E-state index contributed by atoms with van der Waals surface area (Å²) < 4.78 is 5.09. The maximum Gasteiger partial charge on any atom is 0.334 e. The molecule has 1 saturated carbocycles. The van der Waals surface area contributed by atoms with Gasteiger partial charge in [-0.3, -0.25) is 0 Å². The molecule has 0 aromatic rings. The normalized spacial score (nSPS) is 31.2. The highest BCUT2D eigenvalue weighted by Gasteiger charge is 2.29. The van der Waals surface area contributed by atoms with Crippen molar-refractivity contribution >= 4 is 12.0 Å². The summed E-state index contributed by atoms with van der Waals surface area (Å²) in [6, 6.07) is -0.172. The van der Waals surface area contributed by atoms with E-state index >= 15 is 0 Å². The first-order chi connectivity index (χ1) is 9.06. The molecule has 1 heterocycles. The third-order valence-corrected chi connectivity index (χ3v) is 3.97. The molecule has 6 nitrogen and oxygen atoms in total. The van der Waals surface area contributed by atoms with Gasteiger partial charge >= 0.3 is 12.0 Å². The summed E-state index contributed by atoms with van der Waals surface area (Å²) in [5.74, 6) is 0.305. The predicted octanol–water partition coefficient (Wildman–Crippen LogP) is 0.918. The molecule has 0 bridgehead atoms. The minimum absolute atomic E-state index is 0.127. The van der Waals surface area contributed by atoms with E-state index in [9.17, 15) is 9.59 Å². The molecule has 2 rings (SSSR count). The summed E-state index contributed by atoms with van der Waals surface area (Å²) in [6.45, 7) is 3.79. The van der Waals surface area contributed by atoms with Crippen LogP contribution in [0.25, 0.3) is 0 Å². The molecule has 1 aliphatic carbocycles. The second kappa shape index (κ2) is 6.23. The molecular weight excluding hydrogens is 248 g/mol. The van der Waals surface area contributed by atoms with E-state index in [0.29, 0.717) is 19.0 Å². The van der Waals surface area contributed by atoms with Gasteiger partial charge in [0.05, 0.1) is 13.2 Å². The van der Waals surface area contributed by atoms with Gasteiger partial charge in [0.25, 0.3) is 0 Å². The van der Waals surface area contributed by atoms with E-state index < -0.39 is 12.1 Å². The SMILES string of the molecule is CC1CCC(CNC(=O)N2CCOC(C(=O)O)C2)C1. The largest absolute Gasteiger partial charge is 0.479 e. The van der Waals surface area contributed by atoms with Crippen LogP contribution in [0.4, 0.5) is 4.79 Å². The molecule has 3 atom stereocenters. The number of carboxylic acids is 1. The fourth-order valence-electron chi connectivity index (χ4n) is 2.84. The quantitative estimate of drug-likeness (QED) is 0.799. The molecule has 2 amide bonds. The Hall–Kier alpha value is -1.30. The van der Waals surface area contributed by atoms with Crippen LogP contribution in [0.15, 0.2) is 0 Å². The number of urea groups is 1. The highest BCUT2D eigenvalue weighted by Crippen LogP contribution is 2.29. The van der Waals surface area contributed by atoms with Crippen molar-refractivity contribution in [3.8, 4) is 0 Å². The molecule has 0 radical (unpaired) electrons. The first-order valence-electron chi connectivity index (χ1n) is 6.93. The van der Waals surface area contributed by atoms with Gasteiger partial charge in [-0.15, -0.1) is 0 Å². The summed E-state index contributed by atoms with van der Waals surface area (Å²) in [5.41, 5.74) is 0. The van der Waals surface area contributed by atoms with E-state index in [1.807, 2.05) is 0 Å². The first-order valence-corrected chi connectivity index (χ1v) is 6.93.